The highest BCUT2D eigenvalue weighted by Gasteiger charge is 2.44. The van der Waals surface area contributed by atoms with Crippen molar-refractivity contribution in [3.63, 3.8) is 0 Å². The molecule has 0 aromatic carbocycles. The maximum absolute atomic E-state index is 12.7. The van der Waals surface area contributed by atoms with E-state index < -0.39 is 15.6 Å². The van der Waals surface area contributed by atoms with Crippen LogP contribution in [-0.2, 0) is 14.8 Å². The lowest BCUT2D eigenvalue weighted by Crippen LogP contribution is -2.63. The summed E-state index contributed by atoms with van der Waals surface area (Å²) in [6, 6.07) is 3.12. The summed E-state index contributed by atoms with van der Waals surface area (Å²) in [5, 5.41) is 5.69. The number of anilines is 1. The molecule has 0 bridgehead atoms. The molecule has 8 heteroatoms. The molecule has 2 heterocycles. The number of hydrogen-bond acceptors (Lipinski definition) is 5. The van der Waals surface area contributed by atoms with E-state index in [0.29, 0.717) is 18.9 Å². The zero-order valence-corrected chi connectivity index (χ0v) is 13.2. The number of nitrogens with zero attached hydrogens (tertiary/aromatic N) is 2. The fourth-order valence-electron chi connectivity index (χ4n) is 2.25. The van der Waals surface area contributed by atoms with Gasteiger partial charge in [-0.3, -0.25) is 4.79 Å². The number of sulfonamides is 1. The number of nitrogens with one attached hydrogen (secondary N) is 2. The Balaban J connectivity index is 2.34. The summed E-state index contributed by atoms with van der Waals surface area (Å²) in [5.74, 6) is 0.321. The lowest BCUT2D eigenvalue weighted by atomic mass is 10.0. The minimum atomic E-state index is -3.75. The number of carbonyl (C=O) groups excluding carboxylic acids is 1. The molecule has 2 N–H and O–H groups in total. The highest BCUT2D eigenvalue weighted by atomic mass is 32.2. The van der Waals surface area contributed by atoms with Gasteiger partial charge in [-0.05, 0) is 32.9 Å². The van der Waals surface area contributed by atoms with Crippen LogP contribution in [0.2, 0.25) is 0 Å². The van der Waals surface area contributed by atoms with Crippen molar-refractivity contribution < 1.29 is 13.2 Å². The monoisotopic (exact) mass is 312 g/mol. The molecule has 1 aliphatic heterocycles. The summed E-state index contributed by atoms with van der Waals surface area (Å²) < 4.78 is 26.6. The Morgan fingerprint density at radius 2 is 2.14 bits per heavy atom. The predicted molar refractivity (Wildman–Crippen MR) is 79.4 cm³/mol. The summed E-state index contributed by atoms with van der Waals surface area (Å²) in [4.78, 5) is 16.1. The van der Waals surface area contributed by atoms with Gasteiger partial charge >= 0.3 is 0 Å². The molecular formula is C13H20N4O3S. The van der Waals surface area contributed by atoms with E-state index in [0.717, 1.165) is 0 Å². The molecule has 1 fully saturated rings. The SMILES string of the molecule is CCNc1ccc(S(=O)(=O)N2CCNC(=O)C2(C)C)cn1. The van der Waals surface area contributed by atoms with Gasteiger partial charge in [-0.1, -0.05) is 0 Å². The van der Waals surface area contributed by atoms with Gasteiger partial charge in [0.05, 0.1) is 0 Å². The first-order valence-corrected chi connectivity index (χ1v) is 8.25. The number of rotatable bonds is 4. The molecule has 1 saturated heterocycles. The molecule has 21 heavy (non-hydrogen) atoms. The number of hydrogen-bond donors (Lipinski definition) is 2. The lowest BCUT2D eigenvalue weighted by molar-refractivity contribution is -0.131. The van der Waals surface area contributed by atoms with Crippen molar-refractivity contribution in [3.05, 3.63) is 18.3 Å². The first-order chi connectivity index (χ1) is 9.80. The second-order valence-electron chi connectivity index (χ2n) is 5.30. The highest BCUT2D eigenvalue weighted by Crippen LogP contribution is 2.26. The van der Waals surface area contributed by atoms with Crippen molar-refractivity contribution >= 4 is 21.7 Å². The number of amides is 1. The van der Waals surface area contributed by atoms with Gasteiger partial charge in [-0.15, -0.1) is 0 Å². The lowest BCUT2D eigenvalue weighted by Gasteiger charge is -2.39. The molecule has 0 unspecified atom stereocenters. The van der Waals surface area contributed by atoms with Crippen LogP contribution in [0.15, 0.2) is 23.2 Å². The van der Waals surface area contributed by atoms with E-state index in [4.69, 9.17) is 0 Å². The topological polar surface area (TPSA) is 91.4 Å². The van der Waals surface area contributed by atoms with Gasteiger partial charge < -0.3 is 10.6 Å². The van der Waals surface area contributed by atoms with Crippen molar-refractivity contribution in [1.82, 2.24) is 14.6 Å². The third kappa shape index (κ3) is 2.86. The smallest absolute Gasteiger partial charge is 0.245 e. The third-order valence-electron chi connectivity index (χ3n) is 3.46. The molecule has 1 aromatic rings. The van der Waals surface area contributed by atoms with Crippen LogP contribution in [-0.4, -0.2) is 48.8 Å². The number of pyridine rings is 1. The second-order valence-corrected chi connectivity index (χ2v) is 7.16. The molecule has 0 saturated carbocycles. The van der Waals surface area contributed by atoms with Crippen molar-refractivity contribution in [2.75, 3.05) is 25.0 Å². The molecule has 1 aliphatic rings. The molecule has 0 aliphatic carbocycles. The van der Waals surface area contributed by atoms with E-state index in [9.17, 15) is 13.2 Å². The fraction of sp³-hybridized carbons (Fsp3) is 0.538. The van der Waals surface area contributed by atoms with Gasteiger partial charge in [-0.2, -0.15) is 4.31 Å². The molecule has 0 radical (unpaired) electrons. The van der Waals surface area contributed by atoms with Crippen molar-refractivity contribution in [2.24, 2.45) is 0 Å². The molecule has 1 amide bonds. The van der Waals surface area contributed by atoms with Gasteiger partial charge in [0.25, 0.3) is 0 Å². The van der Waals surface area contributed by atoms with Crippen molar-refractivity contribution in [3.8, 4) is 0 Å². The summed E-state index contributed by atoms with van der Waals surface area (Å²) in [6.45, 7) is 6.39. The third-order valence-corrected chi connectivity index (χ3v) is 5.52. The Morgan fingerprint density at radius 3 is 2.71 bits per heavy atom. The summed E-state index contributed by atoms with van der Waals surface area (Å²) in [7, 11) is -3.75. The zero-order valence-electron chi connectivity index (χ0n) is 12.4. The first kappa shape index (κ1) is 15.7. The van der Waals surface area contributed by atoms with Gasteiger partial charge in [-0.25, -0.2) is 13.4 Å². The number of carbonyl (C=O) groups is 1. The highest BCUT2D eigenvalue weighted by molar-refractivity contribution is 7.89. The van der Waals surface area contributed by atoms with Crippen LogP contribution < -0.4 is 10.6 Å². The second kappa shape index (κ2) is 5.61. The van der Waals surface area contributed by atoms with E-state index >= 15 is 0 Å². The Bertz CT molecular complexity index is 625. The minimum Gasteiger partial charge on any atom is -0.370 e. The Hall–Kier alpha value is -1.67. The van der Waals surface area contributed by atoms with Gasteiger partial charge in [0.1, 0.15) is 16.3 Å². The van der Waals surface area contributed by atoms with E-state index in [1.807, 2.05) is 6.92 Å². The van der Waals surface area contributed by atoms with E-state index in [2.05, 4.69) is 15.6 Å². The maximum Gasteiger partial charge on any atom is 0.245 e. The normalized spacial score (nSPS) is 19.1. The summed E-state index contributed by atoms with van der Waals surface area (Å²) in [6.07, 6.45) is 1.32. The molecule has 0 atom stereocenters. The summed E-state index contributed by atoms with van der Waals surface area (Å²) in [5.41, 5.74) is -1.11. The van der Waals surface area contributed by atoms with Crippen LogP contribution in [0, 0.1) is 0 Å². The average Bonchev–Trinajstić information content (AvgIpc) is 2.42. The van der Waals surface area contributed by atoms with Crippen LogP contribution >= 0.6 is 0 Å². The minimum absolute atomic E-state index is 0.0897. The summed E-state index contributed by atoms with van der Waals surface area (Å²) >= 11 is 0. The number of aromatic nitrogens is 1. The van der Waals surface area contributed by atoms with Crippen LogP contribution in [0.1, 0.15) is 20.8 Å². The van der Waals surface area contributed by atoms with Gasteiger partial charge in [0, 0.05) is 25.8 Å². The van der Waals surface area contributed by atoms with E-state index in [1.54, 1.807) is 19.9 Å². The Labute approximate surface area is 124 Å². The van der Waals surface area contributed by atoms with Crippen LogP contribution in [0.3, 0.4) is 0 Å². The van der Waals surface area contributed by atoms with Crippen molar-refractivity contribution in [1.29, 1.82) is 0 Å². The largest absolute Gasteiger partial charge is 0.370 e. The van der Waals surface area contributed by atoms with Crippen molar-refractivity contribution in [2.45, 2.75) is 31.2 Å². The van der Waals surface area contributed by atoms with Gasteiger partial charge in [0.2, 0.25) is 15.9 Å². The Morgan fingerprint density at radius 1 is 1.43 bits per heavy atom. The van der Waals surface area contributed by atoms with E-state index in [1.165, 1.54) is 16.6 Å². The molecular weight excluding hydrogens is 292 g/mol. The maximum atomic E-state index is 12.7. The van der Waals surface area contributed by atoms with E-state index in [-0.39, 0.29) is 17.3 Å². The quantitative estimate of drug-likeness (QED) is 0.840. The van der Waals surface area contributed by atoms with Crippen LogP contribution in [0.4, 0.5) is 5.82 Å². The molecule has 116 valence electrons. The predicted octanol–water partition coefficient (Wildman–Crippen LogP) is 0.412. The van der Waals surface area contributed by atoms with Crippen LogP contribution in [0.5, 0.6) is 0 Å². The molecule has 7 nitrogen and oxygen atoms in total. The standard InChI is InChI=1S/C13H20N4O3S/c1-4-14-11-6-5-10(9-16-11)21(19,20)17-8-7-15-12(18)13(17,2)3/h5-6,9H,4,7-8H2,1-3H3,(H,14,16)(H,15,18). The Kier molecular flexibility index (Phi) is 4.20. The van der Waals surface area contributed by atoms with Crippen LogP contribution in [0.25, 0.3) is 0 Å². The zero-order chi connectivity index (χ0) is 15.7. The molecule has 0 spiro atoms. The van der Waals surface area contributed by atoms with Gasteiger partial charge in [0.15, 0.2) is 0 Å². The fourth-order valence-corrected chi connectivity index (χ4v) is 3.94. The number of piperazine rings is 1. The first-order valence-electron chi connectivity index (χ1n) is 6.81. The average molecular weight is 312 g/mol. The molecule has 1 aromatic heterocycles. The molecule has 2 rings (SSSR count).